The Hall–Kier alpha value is -3.16. The summed E-state index contributed by atoms with van der Waals surface area (Å²) >= 11 is 0. The quantitative estimate of drug-likeness (QED) is 0.719. The Balaban J connectivity index is 1.54. The van der Waals surface area contributed by atoms with Gasteiger partial charge in [-0.2, -0.15) is 4.98 Å². The monoisotopic (exact) mass is 394 g/mol. The topological polar surface area (TPSA) is 84.5 Å². The summed E-state index contributed by atoms with van der Waals surface area (Å²) in [6.07, 6.45) is 7.28. The summed E-state index contributed by atoms with van der Waals surface area (Å²) in [6, 6.07) is 9.50. The molecule has 8 heteroatoms. The molecule has 3 heterocycles. The van der Waals surface area contributed by atoms with Crippen molar-refractivity contribution in [3.8, 4) is 0 Å². The number of aryl methyl sites for hydroxylation is 1. The lowest BCUT2D eigenvalue weighted by Crippen LogP contribution is -2.28. The van der Waals surface area contributed by atoms with Crippen molar-refractivity contribution in [2.75, 3.05) is 23.3 Å². The Morgan fingerprint density at radius 1 is 1.10 bits per heavy atom. The fourth-order valence-corrected chi connectivity index (χ4v) is 3.75. The first kappa shape index (κ1) is 19.2. The summed E-state index contributed by atoms with van der Waals surface area (Å²) in [7, 11) is 0. The molecule has 1 amide bonds. The lowest BCUT2D eigenvalue weighted by Gasteiger charge is -2.20. The number of benzene rings is 1. The standard InChI is InChI=1S/C21H26N6O2/c1-2-16-9-5-6-10-17(16)22-19(28)15-27-21(29)26-14-11-18(23-20(26)24-27)25-12-7-3-4-8-13-25/h5-6,9-11,14H,2-4,7-8,12-13,15H2,1H3,(H,22,28). The van der Waals surface area contributed by atoms with E-state index in [-0.39, 0.29) is 18.1 Å². The molecule has 4 rings (SSSR count). The molecule has 3 aromatic rings. The van der Waals surface area contributed by atoms with Gasteiger partial charge in [-0.1, -0.05) is 38.0 Å². The number of carbonyl (C=O) groups excluding carboxylic acids is 1. The molecule has 0 bridgehead atoms. The average molecular weight is 394 g/mol. The molecule has 1 aromatic carbocycles. The number of rotatable bonds is 5. The molecular formula is C21H26N6O2. The second-order valence-electron chi connectivity index (χ2n) is 7.36. The van der Waals surface area contributed by atoms with Crippen molar-refractivity contribution in [3.05, 3.63) is 52.6 Å². The van der Waals surface area contributed by atoms with E-state index in [1.54, 1.807) is 6.20 Å². The van der Waals surface area contributed by atoms with Crippen LogP contribution >= 0.6 is 0 Å². The molecule has 0 saturated carbocycles. The van der Waals surface area contributed by atoms with Crippen LogP contribution < -0.4 is 15.9 Å². The van der Waals surface area contributed by atoms with Crippen molar-refractivity contribution in [2.24, 2.45) is 0 Å². The molecule has 0 radical (unpaired) electrons. The summed E-state index contributed by atoms with van der Waals surface area (Å²) < 4.78 is 2.55. The zero-order chi connectivity index (χ0) is 20.2. The van der Waals surface area contributed by atoms with Crippen molar-refractivity contribution < 1.29 is 4.79 Å². The van der Waals surface area contributed by atoms with Crippen LogP contribution in [0.25, 0.3) is 5.78 Å². The van der Waals surface area contributed by atoms with Gasteiger partial charge in [-0.15, -0.1) is 5.10 Å². The molecule has 0 atom stereocenters. The molecule has 1 saturated heterocycles. The summed E-state index contributed by atoms with van der Waals surface area (Å²) in [4.78, 5) is 31.9. The third kappa shape index (κ3) is 4.16. The van der Waals surface area contributed by atoms with E-state index >= 15 is 0 Å². The second kappa shape index (κ2) is 8.46. The first-order chi connectivity index (χ1) is 14.2. The van der Waals surface area contributed by atoms with E-state index in [2.05, 4.69) is 20.3 Å². The molecule has 2 aromatic heterocycles. The highest BCUT2D eigenvalue weighted by molar-refractivity contribution is 5.91. The molecule has 8 nitrogen and oxygen atoms in total. The number of para-hydroxylation sites is 1. The van der Waals surface area contributed by atoms with E-state index in [9.17, 15) is 9.59 Å². The van der Waals surface area contributed by atoms with Gasteiger partial charge in [0.2, 0.25) is 5.91 Å². The number of hydrogen-bond acceptors (Lipinski definition) is 5. The first-order valence-corrected chi connectivity index (χ1v) is 10.2. The first-order valence-electron chi connectivity index (χ1n) is 10.2. The van der Waals surface area contributed by atoms with E-state index in [0.29, 0.717) is 5.78 Å². The van der Waals surface area contributed by atoms with E-state index in [0.717, 1.165) is 49.4 Å². The summed E-state index contributed by atoms with van der Waals surface area (Å²) in [6.45, 7) is 3.81. The lowest BCUT2D eigenvalue weighted by atomic mass is 10.1. The number of fused-ring (bicyclic) bond motifs is 1. The predicted molar refractivity (Wildman–Crippen MR) is 112 cm³/mol. The van der Waals surface area contributed by atoms with Crippen LogP contribution in [0.15, 0.2) is 41.3 Å². The molecule has 0 spiro atoms. The van der Waals surface area contributed by atoms with Gasteiger partial charge in [-0.25, -0.2) is 13.9 Å². The normalized spacial score (nSPS) is 14.7. The number of anilines is 2. The summed E-state index contributed by atoms with van der Waals surface area (Å²) in [5, 5.41) is 7.16. The van der Waals surface area contributed by atoms with E-state index < -0.39 is 0 Å². The van der Waals surface area contributed by atoms with Crippen LogP contribution in [0.3, 0.4) is 0 Å². The van der Waals surface area contributed by atoms with Gasteiger partial charge in [0.05, 0.1) is 0 Å². The van der Waals surface area contributed by atoms with E-state index in [1.807, 2.05) is 37.3 Å². The number of aromatic nitrogens is 4. The maximum absolute atomic E-state index is 12.6. The number of nitrogens with zero attached hydrogens (tertiary/aromatic N) is 5. The molecule has 1 aliphatic heterocycles. The zero-order valence-corrected chi connectivity index (χ0v) is 16.7. The van der Waals surface area contributed by atoms with Crippen molar-refractivity contribution in [1.82, 2.24) is 19.2 Å². The second-order valence-corrected chi connectivity index (χ2v) is 7.36. The number of amides is 1. The maximum Gasteiger partial charge on any atom is 0.352 e. The largest absolute Gasteiger partial charge is 0.356 e. The molecule has 29 heavy (non-hydrogen) atoms. The molecule has 0 aliphatic carbocycles. The Morgan fingerprint density at radius 2 is 1.86 bits per heavy atom. The third-order valence-corrected chi connectivity index (χ3v) is 5.34. The highest BCUT2D eigenvalue weighted by atomic mass is 16.2. The van der Waals surface area contributed by atoms with Gasteiger partial charge in [0.25, 0.3) is 5.78 Å². The van der Waals surface area contributed by atoms with Crippen molar-refractivity contribution in [2.45, 2.75) is 45.6 Å². The van der Waals surface area contributed by atoms with Crippen LogP contribution in [-0.2, 0) is 17.8 Å². The highest BCUT2D eigenvalue weighted by Crippen LogP contribution is 2.17. The van der Waals surface area contributed by atoms with Gasteiger partial charge in [-0.3, -0.25) is 4.79 Å². The van der Waals surface area contributed by atoms with Crippen LogP contribution in [0.1, 0.15) is 38.2 Å². The molecule has 152 valence electrons. The fraction of sp³-hybridized carbons (Fsp3) is 0.429. The Kier molecular flexibility index (Phi) is 5.59. The summed E-state index contributed by atoms with van der Waals surface area (Å²) in [5.74, 6) is 0.862. The van der Waals surface area contributed by atoms with Crippen LogP contribution in [0.4, 0.5) is 11.5 Å². The molecule has 1 fully saturated rings. The smallest absolute Gasteiger partial charge is 0.352 e. The SMILES string of the molecule is CCc1ccccc1NC(=O)Cn1nc2nc(N3CCCCCC3)ccn2c1=O. The molecule has 1 aliphatic rings. The predicted octanol–water partition coefficient (Wildman–Crippen LogP) is 2.47. The third-order valence-electron chi connectivity index (χ3n) is 5.34. The van der Waals surface area contributed by atoms with Gasteiger partial charge >= 0.3 is 5.69 Å². The minimum Gasteiger partial charge on any atom is -0.356 e. The average Bonchev–Trinajstić information content (AvgIpc) is 2.91. The number of hydrogen-bond donors (Lipinski definition) is 1. The van der Waals surface area contributed by atoms with Gasteiger partial charge in [-0.05, 0) is 37.0 Å². The maximum atomic E-state index is 12.6. The zero-order valence-electron chi connectivity index (χ0n) is 16.7. The lowest BCUT2D eigenvalue weighted by molar-refractivity contribution is -0.117. The van der Waals surface area contributed by atoms with E-state index in [4.69, 9.17) is 0 Å². The Labute approximate surface area is 169 Å². The molecular weight excluding hydrogens is 368 g/mol. The minimum atomic E-state index is -0.367. The minimum absolute atomic E-state index is 0.153. The van der Waals surface area contributed by atoms with Gasteiger partial charge in [0, 0.05) is 25.0 Å². The van der Waals surface area contributed by atoms with Gasteiger partial charge in [0.1, 0.15) is 12.4 Å². The highest BCUT2D eigenvalue weighted by Gasteiger charge is 2.16. The Bertz CT molecular complexity index is 1060. The van der Waals surface area contributed by atoms with E-state index in [1.165, 1.54) is 21.9 Å². The van der Waals surface area contributed by atoms with Crippen molar-refractivity contribution >= 4 is 23.2 Å². The van der Waals surface area contributed by atoms with Crippen molar-refractivity contribution in [1.29, 1.82) is 0 Å². The van der Waals surface area contributed by atoms with Gasteiger partial charge in [0.15, 0.2) is 0 Å². The fourth-order valence-electron chi connectivity index (χ4n) is 3.75. The molecule has 1 N–H and O–H groups in total. The molecule has 0 unspecified atom stereocenters. The number of nitrogens with one attached hydrogen (secondary N) is 1. The number of carbonyl (C=O) groups is 1. The van der Waals surface area contributed by atoms with Crippen LogP contribution in [0.5, 0.6) is 0 Å². The van der Waals surface area contributed by atoms with Gasteiger partial charge < -0.3 is 10.2 Å². The summed E-state index contributed by atoms with van der Waals surface area (Å²) in [5.41, 5.74) is 1.44. The van der Waals surface area contributed by atoms with Crippen molar-refractivity contribution in [3.63, 3.8) is 0 Å². The Morgan fingerprint density at radius 3 is 2.62 bits per heavy atom. The van der Waals surface area contributed by atoms with Crippen LogP contribution in [-0.4, -0.2) is 38.2 Å². The van der Waals surface area contributed by atoms with Crippen LogP contribution in [0.2, 0.25) is 0 Å². The van der Waals surface area contributed by atoms with Crippen LogP contribution in [0, 0.1) is 0 Å².